The number of hydrogen-bond acceptors (Lipinski definition) is 3. The molecule has 94 valence electrons. The normalized spacial score (nSPS) is 18.6. The molecule has 2 N–H and O–H groups in total. The van der Waals surface area contributed by atoms with Crippen molar-refractivity contribution in [3.05, 3.63) is 41.5 Å². The molecule has 0 saturated heterocycles. The van der Waals surface area contributed by atoms with E-state index in [0.717, 1.165) is 48.2 Å². The smallest absolute Gasteiger partial charge is 0.137 e. The van der Waals surface area contributed by atoms with Crippen LogP contribution in [0.2, 0.25) is 0 Å². The van der Waals surface area contributed by atoms with E-state index in [4.69, 9.17) is 5.73 Å². The van der Waals surface area contributed by atoms with Crippen molar-refractivity contribution in [2.75, 3.05) is 5.73 Å². The van der Waals surface area contributed by atoms with E-state index in [0.29, 0.717) is 0 Å². The Morgan fingerprint density at radius 3 is 3.00 bits per heavy atom. The molecule has 1 aromatic carbocycles. The molecule has 2 aromatic rings. The molecule has 0 amide bonds. The van der Waals surface area contributed by atoms with E-state index in [1.165, 1.54) is 6.42 Å². The third-order valence-electron chi connectivity index (χ3n) is 3.68. The predicted octanol–water partition coefficient (Wildman–Crippen LogP) is 2.03. The zero-order chi connectivity index (χ0) is 12.5. The highest BCUT2D eigenvalue weighted by molar-refractivity contribution is 5.47. The topological polar surface area (TPSA) is 56.7 Å². The first-order chi connectivity index (χ1) is 8.74. The molecule has 3 rings (SSSR count). The molecule has 0 saturated carbocycles. The number of fused-ring (bicyclic) bond motifs is 1. The Morgan fingerprint density at radius 1 is 1.33 bits per heavy atom. The van der Waals surface area contributed by atoms with Crippen molar-refractivity contribution in [2.45, 2.75) is 32.7 Å². The fourth-order valence-electron chi connectivity index (χ4n) is 2.54. The molecular weight excluding hydrogens is 224 g/mol. The first-order valence-electron chi connectivity index (χ1n) is 6.48. The van der Waals surface area contributed by atoms with Gasteiger partial charge in [0, 0.05) is 25.1 Å². The number of benzene rings is 1. The minimum Gasteiger partial charge on any atom is -0.398 e. The largest absolute Gasteiger partial charge is 0.398 e. The molecule has 2 heterocycles. The van der Waals surface area contributed by atoms with Gasteiger partial charge in [-0.1, -0.05) is 25.1 Å². The molecule has 0 spiro atoms. The van der Waals surface area contributed by atoms with Crippen LogP contribution in [0.5, 0.6) is 0 Å². The van der Waals surface area contributed by atoms with Gasteiger partial charge in [0.05, 0.1) is 0 Å². The van der Waals surface area contributed by atoms with Gasteiger partial charge in [0.25, 0.3) is 0 Å². The quantitative estimate of drug-likeness (QED) is 0.820. The van der Waals surface area contributed by atoms with Gasteiger partial charge in [-0.05, 0) is 24.0 Å². The van der Waals surface area contributed by atoms with Gasteiger partial charge in [-0.2, -0.15) is 0 Å². The highest BCUT2D eigenvalue weighted by Gasteiger charge is 2.20. The summed E-state index contributed by atoms with van der Waals surface area (Å²) in [7, 11) is 0. The molecule has 0 fully saturated rings. The third kappa shape index (κ3) is 1.98. The lowest BCUT2D eigenvalue weighted by Crippen LogP contribution is -2.19. The van der Waals surface area contributed by atoms with Crippen LogP contribution in [0, 0.1) is 5.92 Å². The van der Waals surface area contributed by atoms with Crippen LogP contribution in [-0.2, 0) is 19.4 Å². The SMILES string of the molecule is CC1CCn2c(Cc3ccccc3N)nnc2C1. The maximum atomic E-state index is 5.98. The fourth-order valence-corrected chi connectivity index (χ4v) is 2.54. The Kier molecular flexibility index (Phi) is 2.78. The molecular formula is C14H18N4. The van der Waals surface area contributed by atoms with E-state index in [2.05, 4.69) is 27.8 Å². The molecule has 4 heteroatoms. The van der Waals surface area contributed by atoms with Gasteiger partial charge < -0.3 is 10.3 Å². The predicted molar refractivity (Wildman–Crippen MR) is 71.2 cm³/mol. The Morgan fingerprint density at radius 2 is 2.17 bits per heavy atom. The minimum absolute atomic E-state index is 0.719. The van der Waals surface area contributed by atoms with E-state index in [-0.39, 0.29) is 0 Å². The molecule has 18 heavy (non-hydrogen) atoms. The zero-order valence-corrected chi connectivity index (χ0v) is 10.6. The summed E-state index contributed by atoms with van der Waals surface area (Å²) in [6, 6.07) is 7.97. The molecule has 1 aliphatic rings. The van der Waals surface area contributed by atoms with E-state index in [1.807, 2.05) is 18.2 Å². The molecule has 0 aliphatic carbocycles. The molecule has 1 unspecified atom stereocenters. The number of anilines is 1. The van der Waals surface area contributed by atoms with Gasteiger partial charge in [0.15, 0.2) is 0 Å². The minimum atomic E-state index is 0.719. The number of para-hydroxylation sites is 1. The maximum Gasteiger partial charge on any atom is 0.137 e. The van der Waals surface area contributed by atoms with Crippen LogP contribution < -0.4 is 5.73 Å². The second-order valence-corrected chi connectivity index (χ2v) is 5.16. The first-order valence-corrected chi connectivity index (χ1v) is 6.48. The molecule has 1 atom stereocenters. The Bertz CT molecular complexity index is 559. The van der Waals surface area contributed by atoms with Crippen LogP contribution >= 0.6 is 0 Å². The van der Waals surface area contributed by atoms with Gasteiger partial charge in [0.2, 0.25) is 0 Å². The number of aromatic nitrogens is 3. The fraction of sp³-hybridized carbons (Fsp3) is 0.429. The number of nitrogens with two attached hydrogens (primary N) is 1. The Balaban J connectivity index is 1.88. The van der Waals surface area contributed by atoms with Crippen molar-refractivity contribution in [1.29, 1.82) is 0 Å². The summed E-state index contributed by atoms with van der Waals surface area (Å²) in [5, 5.41) is 8.63. The van der Waals surface area contributed by atoms with Crippen LogP contribution in [0.4, 0.5) is 5.69 Å². The second-order valence-electron chi connectivity index (χ2n) is 5.16. The lowest BCUT2D eigenvalue weighted by atomic mass is 10.00. The van der Waals surface area contributed by atoms with E-state index < -0.39 is 0 Å². The average molecular weight is 242 g/mol. The third-order valence-corrected chi connectivity index (χ3v) is 3.68. The summed E-state index contributed by atoms with van der Waals surface area (Å²) < 4.78 is 2.26. The van der Waals surface area contributed by atoms with Crippen molar-refractivity contribution in [1.82, 2.24) is 14.8 Å². The van der Waals surface area contributed by atoms with Gasteiger partial charge in [-0.3, -0.25) is 0 Å². The number of nitrogen functional groups attached to an aromatic ring is 1. The highest BCUT2D eigenvalue weighted by Crippen LogP contribution is 2.22. The molecule has 0 bridgehead atoms. The lowest BCUT2D eigenvalue weighted by molar-refractivity contribution is 0.404. The van der Waals surface area contributed by atoms with Gasteiger partial charge in [0.1, 0.15) is 11.6 Å². The van der Waals surface area contributed by atoms with Gasteiger partial charge >= 0.3 is 0 Å². The van der Waals surface area contributed by atoms with E-state index in [1.54, 1.807) is 0 Å². The average Bonchev–Trinajstić information content (AvgIpc) is 2.74. The summed E-state index contributed by atoms with van der Waals surface area (Å²) in [6.07, 6.45) is 3.02. The summed E-state index contributed by atoms with van der Waals surface area (Å²) >= 11 is 0. The van der Waals surface area contributed by atoms with E-state index >= 15 is 0 Å². The summed E-state index contributed by atoms with van der Waals surface area (Å²) in [5.41, 5.74) is 7.94. The Labute approximate surface area is 107 Å². The molecule has 0 radical (unpaired) electrons. The van der Waals surface area contributed by atoms with Crippen LogP contribution in [-0.4, -0.2) is 14.8 Å². The zero-order valence-electron chi connectivity index (χ0n) is 10.6. The molecule has 4 nitrogen and oxygen atoms in total. The van der Waals surface area contributed by atoms with Crippen molar-refractivity contribution < 1.29 is 0 Å². The molecule has 1 aromatic heterocycles. The number of nitrogens with zero attached hydrogens (tertiary/aromatic N) is 3. The van der Waals surface area contributed by atoms with E-state index in [9.17, 15) is 0 Å². The second kappa shape index (κ2) is 4.44. The summed E-state index contributed by atoms with van der Waals surface area (Å²) in [6.45, 7) is 3.30. The Hall–Kier alpha value is -1.84. The number of hydrogen-bond donors (Lipinski definition) is 1. The van der Waals surface area contributed by atoms with Crippen LogP contribution in [0.3, 0.4) is 0 Å². The van der Waals surface area contributed by atoms with Crippen LogP contribution in [0.25, 0.3) is 0 Å². The van der Waals surface area contributed by atoms with Crippen molar-refractivity contribution >= 4 is 5.69 Å². The lowest BCUT2D eigenvalue weighted by Gasteiger charge is -2.20. The van der Waals surface area contributed by atoms with Crippen LogP contribution in [0.15, 0.2) is 24.3 Å². The number of rotatable bonds is 2. The standard InChI is InChI=1S/C14H18N4/c1-10-6-7-18-13(8-10)16-17-14(18)9-11-4-2-3-5-12(11)15/h2-5,10H,6-9,15H2,1H3. The maximum absolute atomic E-state index is 5.98. The summed E-state index contributed by atoms with van der Waals surface area (Å²) in [5.74, 6) is 2.88. The summed E-state index contributed by atoms with van der Waals surface area (Å²) in [4.78, 5) is 0. The van der Waals surface area contributed by atoms with Crippen molar-refractivity contribution in [3.8, 4) is 0 Å². The molecule has 1 aliphatic heterocycles. The first kappa shape index (κ1) is 11.3. The van der Waals surface area contributed by atoms with Gasteiger partial charge in [-0.15, -0.1) is 10.2 Å². The van der Waals surface area contributed by atoms with Crippen molar-refractivity contribution in [3.63, 3.8) is 0 Å². The van der Waals surface area contributed by atoms with Crippen molar-refractivity contribution in [2.24, 2.45) is 5.92 Å². The van der Waals surface area contributed by atoms with Crippen LogP contribution in [0.1, 0.15) is 30.6 Å². The van der Waals surface area contributed by atoms with Gasteiger partial charge in [-0.25, -0.2) is 0 Å². The monoisotopic (exact) mass is 242 g/mol. The highest BCUT2D eigenvalue weighted by atomic mass is 15.3.